The van der Waals surface area contributed by atoms with E-state index in [0.29, 0.717) is 30.5 Å². The molecular formula is C18H23IN6O2. The molecule has 0 atom stereocenters. The normalized spacial score (nSPS) is 11.0. The maximum atomic E-state index is 5.41. The monoisotopic (exact) mass is 482 g/mol. The molecule has 2 heterocycles. The molecule has 27 heavy (non-hydrogen) atoms. The molecule has 0 fully saturated rings. The van der Waals surface area contributed by atoms with Gasteiger partial charge in [-0.3, -0.25) is 10.1 Å². The number of aromatic amines is 1. The van der Waals surface area contributed by atoms with E-state index < -0.39 is 0 Å². The summed E-state index contributed by atoms with van der Waals surface area (Å²) in [6.45, 7) is 1.13. The summed E-state index contributed by atoms with van der Waals surface area (Å²) in [6, 6.07) is 11.6. The summed E-state index contributed by atoms with van der Waals surface area (Å²) < 4.78 is 10.7. The molecule has 1 aromatic carbocycles. The number of nitrogens with zero attached hydrogens (tertiary/aromatic N) is 4. The van der Waals surface area contributed by atoms with Gasteiger partial charge in [-0.15, -0.1) is 29.1 Å². The molecule has 0 spiro atoms. The van der Waals surface area contributed by atoms with Gasteiger partial charge in [-0.2, -0.15) is 0 Å². The van der Waals surface area contributed by atoms with Gasteiger partial charge in [0, 0.05) is 26.2 Å². The number of aliphatic imine (C=N–C) groups is 1. The van der Waals surface area contributed by atoms with Gasteiger partial charge in [-0.05, 0) is 18.2 Å². The number of hydrogen-bond donors (Lipinski definition) is 2. The van der Waals surface area contributed by atoms with Crippen LogP contribution in [0.2, 0.25) is 0 Å². The lowest BCUT2D eigenvalue weighted by Gasteiger charge is -2.22. The van der Waals surface area contributed by atoms with Gasteiger partial charge < -0.3 is 19.4 Å². The van der Waals surface area contributed by atoms with Crippen LogP contribution in [-0.4, -0.2) is 47.2 Å². The number of rotatable bonds is 6. The number of aromatic nitrogens is 3. The number of hydrogen-bond acceptors (Lipinski definition) is 5. The minimum Gasteiger partial charge on any atom is -0.496 e. The van der Waals surface area contributed by atoms with Crippen LogP contribution < -0.4 is 10.1 Å². The summed E-state index contributed by atoms with van der Waals surface area (Å²) in [5.74, 6) is 3.46. The highest BCUT2D eigenvalue weighted by Crippen LogP contribution is 2.19. The molecule has 0 aliphatic rings. The second kappa shape index (κ2) is 9.95. The van der Waals surface area contributed by atoms with Crippen molar-refractivity contribution in [1.29, 1.82) is 0 Å². The Hall–Kier alpha value is -2.56. The van der Waals surface area contributed by atoms with E-state index >= 15 is 0 Å². The highest BCUT2D eigenvalue weighted by atomic mass is 127. The van der Waals surface area contributed by atoms with Gasteiger partial charge in [0.05, 0.1) is 19.9 Å². The van der Waals surface area contributed by atoms with Gasteiger partial charge in [0.2, 0.25) is 5.82 Å². The van der Waals surface area contributed by atoms with Crippen LogP contribution in [0, 0.1) is 0 Å². The van der Waals surface area contributed by atoms with E-state index in [9.17, 15) is 0 Å². The Kier molecular flexibility index (Phi) is 7.65. The topological polar surface area (TPSA) is 91.6 Å². The number of ether oxygens (including phenoxy) is 1. The first-order valence-electron chi connectivity index (χ1n) is 8.20. The van der Waals surface area contributed by atoms with Crippen LogP contribution in [0.25, 0.3) is 11.6 Å². The maximum Gasteiger partial charge on any atom is 0.216 e. The Morgan fingerprint density at radius 3 is 2.81 bits per heavy atom. The molecule has 2 N–H and O–H groups in total. The lowest BCUT2D eigenvalue weighted by molar-refractivity contribution is 0.396. The average Bonchev–Trinajstić information content (AvgIpc) is 3.34. The van der Waals surface area contributed by atoms with E-state index in [2.05, 4.69) is 25.5 Å². The smallest absolute Gasteiger partial charge is 0.216 e. The minimum atomic E-state index is 0. The highest BCUT2D eigenvalue weighted by Gasteiger charge is 2.12. The van der Waals surface area contributed by atoms with Crippen molar-refractivity contribution in [1.82, 2.24) is 25.4 Å². The number of nitrogens with one attached hydrogen (secondary N) is 2. The SMILES string of the molecule is CN=C(NCc1nc(-c2ccco2)n[nH]1)N(C)Cc1ccccc1OC.I. The number of methoxy groups -OCH3 is 1. The van der Waals surface area contributed by atoms with Crippen molar-refractivity contribution in [2.45, 2.75) is 13.1 Å². The first-order valence-corrected chi connectivity index (χ1v) is 8.20. The standard InChI is InChI=1S/C18H22N6O2.HI/c1-19-18(24(2)12-13-7-4-5-8-14(13)25-3)20-11-16-21-17(23-22-16)15-9-6-10-26-15;/h4-10H,11-12H2,1-3H3,(H,19,20)(H,21,22,23);1H. The van der Waals surface area contributed by atoms with E-state index in [1.807, 2.05) is 42.3 Å². The summed E-state index contributed by atoms with van der Waals surface area (Å²) in [5, 5.41) is 10.3. The third-order valence-electron chi connectivity index (χ3n) is 3.86. The molecule has 0 amide bonds. The van der Waals surface area contributed by atoms with Crippen molar-refractivity contribution in [2.24, 2.45) is 4.99 Å². The molecule has 144 valence electrons. The fraction of sp³-hybridized carbons (Fsp3) is 0.278. The van der Waals surface area contributed by atoms with Crippen LogP contribution in [0.15, 0.2) is 52.1 Å². The van der Waals surface area contributed by atoms with E-state index in [4.69, 9.17) is 9.15 Å². The molecule has 9 heteroatoms. The molecule has 0 bridgehead atoms. The molecule has 0 unspecified atom stereocenters. The third kappa shape index (κ3) is 5.22. The molecular weight excluding hydrogens is 459 g/mol. The summed E-state index contributed by atoms with van der Waals surface area (Å²) in [6.07, 6.45) is 1.60. The van der Waals surface area contributed by atoms with Crippen molar-refractivity contribution >= 4 is 29.9 Å². The van der Waals surface area contributed by atoms with Crippen LogP contribution in [0.5, 0.6) is 5.75 Å². The van der Waals surface area contributed by atoms with Crippen molar-refractivity contribution in [2.75, 3.05) is 21.2 Å². The van der Waals surface area contributed by atoms with E-state index in [1.54, 1.807) is 26.5 Å². The number of H-pyrrole nitrogens is 1. The quantitative estimate of drug-likeness (QED) is 0.319. The van der Waals surface area contributed by atoms with E-state index in [0.717, 1.165) is 17.3 Å². The lowest BCUT2D eigenvalue weighted by Crippen LogP contribution is -2.38. The molecule has 0 radical (unpaired) electrons. The van der Waals surface area contributed by atoms with Crippen molar-refractivity contribution in [3.05, 3.63) is 54.0 Å². The molecule has 3 aromatic rings. The summed E-state index contributed by atoms with van der Waals surface area (Å²) in [4.78, 5) is 10.8. The average molecular weight is 482 g/mol. The van der Waals surface area contributed by atoms with Crippen molar-refractivity contribution < 1.29 is 9.15 Å². The Morgan fingerprint density at radius 1 is 1.30 bits per heavy atom. The lowest BCUT2D eigenvalue weighted by atomic mass is 10.2. The van der Waals surface area contributed by atoms with Crippen LogP contribution in [-0.2, 0) is 13.1 Å². The second-order valence-electron chi connectivity index (χ2n) is 5.65. The largest absolute Gasteiger partial charge is 0.496 e. The number of halogens is 1. The van der Waals surface area contributed by atoms with Crippen LogP contribution in [0.4, 0.5) is 0 Å². The molecule has 3 rings (SSSR count). The minimum absolute atomic E-state index is 0. The summed E-state index contributed by atoms with van der Waals surface area (Å²) in [7, 11) is 5.39. The first-order chi connectivity index (χ1) is 12.7. The van der Waals surface area contributed by atoms with Gasteiger partial charge >= 0.3 is 0 Å². The molecule has 0 aliphatic heterocycles. The highest BCUT2D eigenvalue weighted by molar-refractivity contribution is 14.0. The molecule has 8 nitrogen and oxygen atoms in total. The Balaban J connectivity index is 0.00000261. The molecule has 0 saturated heterocycles. The Labute approximate surface area is 175 Å². The summed E-state index contributed by atoms with van der Waals surface area (Å²) >= 11 is 0. The molecule has 2 aromatic heterocycles. The Bertz CT molecular complexity index is 862. The zero-order chi connectivity index (χ0) is 18.4. The fourth-order valence-electron chi connectivity index (χ4n) is 2.60. The van der Waals surface area contributed by atoms with Gasteiger partial charge in [0.15, 0.2) is 11.7 Å². The van der Waals surface area contributed by atoms with Gasteiger partial charge in [-0.1, -0.05) is 18.2 Å². The van der Waals surface area contributed by atoms with Crippen LogP contribution >= 0.6 is 24.0 Å². The van der Waals surface area contributed by atoms with Crippen LogP contribution in [0.1, 0.15) is 11.4 Å². The molecule has 0 aliphatic carbocycles. The van der Waals surface area contributed by atoms with E-state index in [1.165, 1.54) is 0 Å². The first kappa shape index (κ1) is 20.7. The maximum absolute atomic E-state index is 5.41. The van der Waals surface area contributed by atoms with Gasteiger partial charge in [-0.25, -0.2) is 4.98 Å². The van der Waals surface area contributed by atoms with Crippen LogP contribution in [0.3, 0.4) is 0 Å². The van der Waals surface area contributed by atoms with Crippen molar-refractivity contribution in [3.8, 4) is 17.3 Å². The number of benzene rings is 1. The zero-order valence-corrected chi connectivity index (χ0v) is 17.8. The molecule has 0 saturated carbocycles. The van der Waals surface area contributed by atoms with Gasteiger partial charge in [0.25, 0.3) is 0 Å². The third-order valence-corrected chi connectivity index (χ3v) is 3.86. The second-order valence-corrected chi connectivity index (χ2v) is 5.65. The Morgan fingerprint density at radius 2 is 2.11 bits per heavy atom. The van der Waals surface area contributed by atoms with E-state index in [-0.39, 0.29) is 24.0 Å². The van der Waals surface area contributed by atoms with Gasteiger partial charge in [0.1, 0.15) is 11.6 Å². The predicted molar refractivity (Wildman–Crippen MR) is 114 cm³/mol. The number of guanidine groups is 1. The summed E-state index contributed by atoms with van der Waals surface area (Å²) in [5.41, 5.74) is 1.08. The predicted octanol–water partition coefficient (Wildman–Crippen LogP) is 2.90. The van der Waals surface area contributed by atoms with Crippen molar-refractivity contribution in [3.63, 3.8) is 0 Å². The fourth-order valence-corrected chi connectivity index (χ4v) is 2.60. The number of furan rings is 1. The number of para-hydroxylation sites is 1. The zero-order valence-electron chi connectivity index (χ0n) is 15.5.